The predicted octanol–water partition coefficient (Wildman–Crippen LogP) is 1.67. The van der Waals surface area contributed by atoms with Crippen molar-refractivity contribution in [3.05, 3.63) is 11.1 Å². The van der Waals surface area contributed by atoms with E-state index in [1.165, 1.54) is 19.2 Å². The van der Waals surface area contributed by atoms with Crippen LogP contribution in [0.4, 0.5) is 14.7 Å². The monoisotopic (exact) mass is 690 g/mol. The lowest BCUT2D eigenvalue weighted by atomic mass is 9.97. The van der Waals surface area contributed by atoms with Crippen LogP contribution in [0.2, 0.25) is 0 Å². The quantitative estimate of drug-likeness (QED) is 0.0793. The van der Waals surface area contributed by atoms with Crippen molar-refractivity contribution in [2.24, 2.45) is 5.16 Å². The Balaban J connectivity index is 1.92. The number of nitrogens with zero attached hydrogens (tertiary/aromatic N) is 4. The van der Waals surface area contributed by atoms with Crippen LogP contribution in [0.15, 0.2) is 10.5 Å². The van der Waals surface area contributed by atoms with Gasteiger partial charge in [0.05, 0.1) is 12.6 Å². The molecular weight excluding hydrogens is 652 g/mol. The molecule has 0 aliphatic carbocycles. The molecule has 2 aliphatic rings. The Hall–Kier alpha value is -4.04. The molecule has 3 atom stereocenters. The standard InChI is InChI=1S/C26H38N6O12S2/c1-13-10-31(23(37)41-13)11-15-17(19(34)32(15)46(38,39)40)28-18(33)16(30-44-26(8,9)20(35)42-24(2,3)4)14-12-45-21(27-14)29-22(36)43-25(5,6)7/h12-13,15,17H,10-11H2,1-9H3,(H,28,33)(H,27,29,36)(H,38,39,40)/b30-16-/t13-,15-,17+/m1/s1. The van der Waals surface area contributed by atoms with Crippen LogP contribution in [0.3, 0.4) is 0 Å². The number of esters is 1. The highest BCUT2D eigenvalue weighted by molar-refractivity contribution is 7.84. The van der Waals surface area contributed by atoms with Crippen LogP contribution in [0.5, 0.6) is 0 Å². The second-order valence-corrected chi connectivity index (χ2v) is 15.1. The number of hydrogen-bond acceptors (Lipinski definition) is 14. The largest absolute Gasteiger partial charge is 0.457 e. The average Bonchev–Trinajstić information content (AvgIpc) is 3.44. The second-order valence-electron chi connectivity index (χ2n) is 12.9. The van der Waals surface area contributed by atoms with E-state index in [1.807, 2.05) is 0 Å². The zero-order chi connectivity index (χ0) is 35.0. The molecule has 2 fully saturated rings. The summed E-state index contributed by atoms with van der Waals surface area (Å²) in [6, 6.07) is -2.97. The molecule has 20 heteroatoms. The van der Waals surface area contributed by atoms with E-state index < -0.39 is 87.5 Å². The summed E-state index contributed by atoms with van der Waals surface area (Å²) < 4.78 is 49.3. The number of carbonyl (C=O) groups excluding carboxylic acids is 5. The Morgan fingerprint density at radius 3 is 2.24 bits per heavy atom. The SMILES string of the molecule is C[C@@H]1CN(C[C@@H]2[C@H](NC(=O)/C(=N\OC(C)(C)C(=O)OC(C)(C)C)c3csc(NC(=O)OC(C)(C)C)n3)C(=O)N2S(=O)(=O)O)C(=O)O1. The van der Waals surface area contributed by atoms with Gasteiger partial charge in [-0.15, -0.1) is 11.3 Å². The molecule has 0 spiro atoms. The van der Waals surface area contributed by atoms with Gasteiger partial charge in [-0.05, 0) is 62.3 Å². The Morgan fingerprint density at radius 2 is 1.72 bits per heavy atom. The van der Waals surface area contributed by atoms with Gasteiger partial charge < -0.3 is 29.3 Å². The number of anilines is 1. The molecule has 0 aromatic carbocycles. The number of thiazole rings is 1. The predicted molar refractivity (Wildman–Crippen MR) is 161 cm³/mol. The van der Waals surface area contributed by atoms with Crippen LogP contribution >= 0.6 is 11.3 Å². The lowest BCUT2D eigenvalue weighted by Crippen LogP contribution is -2.74. The molecule has 1 aromatic heterocycles. The van der Waals surface area contributed by atoms with E-state index in [-0.39, 0.29) is 21.7 Å². The molecular formula is C26H38N6O12S2. The highest BCUT2D eigenvalue weighted by Gasteiger charge is 2.55. The maximum absolute atomic E-state index is 13.6. The fraction of sp³-hybridized carbons (Fsp3) is 0.654. The minimum Gasteiger partial charge on any atom is -0.457 e. The molecule has 3 heterocycles. The Bertz CT molecular complexity index is 1530. The lowest BCUT2D eigenvalue weighted by molar-refractivity contribution is -0.179. The summed E-state index contributed by atoms with van der Waals surface area (Å²) >= 11 is 0.886. The Morgan fingerprint density at radius 1 is 1.11 bits per heavy atom. The lowest BCUT2D eigenvalue weighted by Gasteiger charge is -2.45. The van der Waals surface area contributed by atoms with Crippen molar-refractivity contribution in [1.29, 1.82) is 0 Å². The molecule has 1 aromatic rings. The molecule has 4 amide bonds. The van der Waals surface area contributed by atoms with Crippen LogP contribution in [0, 0.1) is 0 Å². The van der Waals surface area contributed by atoms with E-state index >= 15 is 0 Å². The average molecular weight is 691 g/mol. The Labute approximate surface area is 269 Å². The molecule has 0 saturated carbocycles. The second kappa shape index (κ2) is 13.0. The highest BCUT2D eigenvalue weighted by atomic mass is 32.2. The zero-order valence-corrected chi connectivity index (χ0v) is 28.4. The summed E-state index contributed by atoms with van der Waals surface area (Å²) in [6.07, 6.45) is -2.13. The van der Waals surface area contributed by atoms with Gasteiger partial charge in [-0.3, -0.25) is 19.5 Å². The number of amides is 4. The molecule has 0 bridgehead atoms. The topological polar surface area (TPSA) is 232 Å². The van der Waals surface area contributed by atoms with Gasteiger partial charge in [0.2, 0.25) is 5.60 Å². The summed E-state index contributed by atoms with van der Waals surface area (Å²) in [5.74, 6) is -3.12. The normalized spacial score (nSPS) is 20.9. The van der Waals surface area contributed by atoms with Gasteiger partial charge in [-0.1, -0.05) is 5.16 Å². The first-order valence-electron chi connectivity index (χ1n) is 13.9. The van der Waals surface area contributed by atoms with Crippen molar-refractivity contribution in [2.45, 2.75) is 97.3 Å². The third-order valence-corrected chi connectivity index (χ3v) is 7.68. The van der Waals surface area contributed by atoms with Crippen molar-refractivity contribution in [1.82, 2.24) is 19.5 Å². The summed E-state index contributed by atoms with van der Waals surface area (Å²) in [7, 11) is -5.07. The van der Waals surface area contributed by atoms with Gasteiger partial charge in [0.25, 0.3) is 11.8 Å². The third-order valence-electron chi connectivity index (χ3n) is 5.97. The maximum Gasteiger partial charge on any atom is 0.413 e. The van der Waals surface area contributed by atoms with Gasteiger partial charge in [0.1, 0.15) is 29.0 Å². The van der Waals surface area contributed by atoms with E-state index in [1.54, 1.807) is 48.5 Å². The number of β-lactam (4-membered cyclic amide) rings is 1. The van der Waals surface area contributed by atoms with Crippen molar-refractivity contribution in [2.75, 3.05) is 18.4 Å². The molecule has 46 heavy (non-hydrogen) atoms. The Kier molecular flexibility index (Phi) is 10.3. The van der Waals surface area contributed by atoms with Gasteiger partial charge in [-0.25, -0.2) is 23.7 Å². The maximum atomic E-state index is 13.6. The highest BCUT2D eigenvalue weighted by Crippen LogP contribution is 2.27. The number of carbonyl (C=O) groups is 5. The van der Waals surface area contributed by atoms with Gasteiger partial charge >= 0.3 is 28.5 Å². The van der Waals surface area contributed by atoms with E-state index in [9.17, 15) is 36.9 Å². The first kappa shape index (κ1) is 36.4. The van der Waals surface area contributed by atoms with E-state index in [4.69, 9.17) is 19.0 Å². The molecule has 256 valence electrons. The van der Waals surface area contributed by atoms with Crippen LogP contribution in [0.25, 0.3) is 0 Å². The molecule has 18 nitrogen and oxygen atoms in total. The first-order chi connectivity index (χ1) is 20.9. The number of ether oxygens (including phenoxy) is 3. The molecule has 2 aliphatic heterocycles. The van der Waals surface area contributed by atoms with Gasteiger partial charge in [0.15, 0.2) is 10.8 Å². The van der Waals surface area contributed by atoms with Crippen LogP contribution in [-0.2, 0) is 43.7 Å². The van der Waals surface area contributed by atoms with Crippen LogP contribution in [0.1, 0.15) is 68.0 Å². The van der Waals surface area contributed by atoms with E-state index in [0.717, 1.165) is 16.2 Å². The number of oxime groups is 1. The minimum atomic E-state index is -5.07. The molecule has 0 radical (unpaired) electrons. The molecule has 2 saturated heterocycles. The van der Waals surface area contributed by atoms with Crippen molar-refractivity contribution in [3.63, 3.8) is 0 Å². The molecule has 3 N–H and O–H groups in total. The third kappa shape index (κ3) is 9.25. The van der Waals surface area contributed by atoms with Crippen LogP contribution < -0.4 is 10.6 Å². The fourth-order valence-electron chi connectivity index (χ4n) is 4.03. The van der Waals surface area contributed by atoms with Gasteiger partial charge in [0, 0.05) is 11.9 Å². The molecule has 3 rings (SSSR count). The minimum absolute atomic E-state index is 0.00651. The smallest absolute Gasteiger partial charge is 0.413 e. The van der Waals surface area contributed by atoms with E-state index in [0.29, 0.717) is 0 Å². The number of rotatable bonds is 10. The summed E-state index contributed by atoms with van der Waals surface area (Å²) in [4.78, 5) is 74.3. The fourth-order valence-corrected chi connectivity index (χ4v) is 5.58. The first-order valence-corrected chi connectivity index (χ1v) is 16.2. The number of aromatic nitrogens is 1. The van der Waals surface area contributed by atoms with E-state index in [2.05, 4.69) is 20.8 Å². The number of cyclic esters (lactones) is 1. The van der Waals surface area contributed by atoms with Crippen LogP contribution in [-0.4, -0.2) is 111 Å². The van der Waals surface area contributed by atoms with Gasteiger partial charge in [-0.2, -0.15) is 8.42 Å². The van der Waals surface area contributed by atoms with Crippen molar-refractivity contribution in [3.8, 4) is 0 Å². The summed E-state index contributed by atoms with van der Waals surface area (Å²) in [5, 5.41) is 9.92. The van der Waals surface area contributed by atoms with Crippen molar-refractivity contribution < 1.29 is 56.0 Å². The summed E-state index contributed by atoms with van der Waals surface area (Å²) in [6.45, 7) is 13.8. The van der Waals surface area contributed by atoms with Crippen molar-refractivity contribution >= 4 is 62.5 Å². The summed E-state index contributed by atoms with van der Waals surface area (Å²) in [5.41, 5.74) is -4.16. The molecule has 0 unspecified atom stereocenters. The number of nitrogens with one attached hydrogen (secondary N) is 2. The zero-order valence-electron chi connectivity index (χ0n) is 26.8. The number of hydrogen-bond donors (Lipinski definition) is 3.